The third-order valence-corrected chi connectivity index (χ3v) is 21.2. The number of nitrogens with one attached hydrogen (secondary N) is 9. The first kappa shape index (κ1) is 107. The number of nitro groups is 4. The average Bonchev–Trinajstić information content (AvgIpc) is 0.855. The van der Waals surface area contributed by atoms with Crippen molar-refractivity contribution in [1.29, 1.82) is 0 Å². The number of carboxylic acids is 1. The number of carbonyl (C=O) groups is 6. The Kier molecular flexibility index (Phi) is 46.8. The number of aromatic carboxylic acids is 1. The molecule has 0 aromatic heterocycles. The van der Waals surface area contributed by atoms with Crippen molar-refractivity contribution >= 4 is 140 Å². The quantitative estimate of drug-likeness (QED) is 0.00749. The van der Waals surface area contributed by atoms with Gasteiger partial charge in [-0.3, -0.25) is 64.7 Å². The number of rotatable bonds is 38. The SMILES string of the molecule is NC(=O)c1ccc(CNC(=O)NC[C@H]2CN(Cc3ccc(Cl)c(Cl)c3)CCO2)cc1.NCCOCCNc1ccc([N+](=O)[O-])cc1[N+](=O)[O-].O=C(NCc1ccc(C(=O)NCCOCCNc2ccc([N+](=O)[O-])cc2[N+](=O)[O-])cc1)NC[C@H]1CN(Cc2ccc(Cl)c(Cl)c2)CCO1.O=C(NCc1ccc(C(=O)O)cc1)NC[C@H]1CN(Cc2ccc(Cl)c(Cl)c2)CCO1.[Li+].[OH-]. The second kappa shape index (κ2) is 56.5. The fourth-order valence-electron chi connectivity index (χ4n) is 12.5. The molecule has 15 N–H and O–H groups in total. The summed E-state index contributed by atoms with van der Waals surface area (Å²) < 4.78 is 27.9. The third kappa shape index (κ3) is 38.4. The number of nitrogens with two attached hydrogens (primary N) is 2. The Hall–Kier alpha value is -10.9. The van der Waals surface area contributed by atoms with Gasteiger partial charge in [-0.1, -0.05) is 124 Å². The summed E-state index contributed by atoms with van der Waals surface area (Å²) in [6.07, 6.45) is -0.359. The Morgan fingerprint density at radius 3 is 1.05 bits per heavy atom. The summed E-state index contributed by atoms with van der Waals surface area (Å²) in [6.45, 7) is 12.8. The van der Waals surface area contributed by atoms with Gasteiger partial charge in [0.1, 0.15) is 11.4 Å². The van der Waals surface area contributed by atoms with Crippen molar-refractivity contribution in [3.63, 3.8) is 0 Å². The zero-order valence-corrected chi connectivity index (χ0v) is 74.4. The number of carboxylic acid groups (broad SMARTS) is 1. The zero-order chi connectivity index (χ0) is 91.7. The molecule has 688 valence electrons. The minimum atomic E-state index is -0.979. The van der Waals surface area contributed by atoms with Gasteiger partial charge in [0.05, 0.1) is 132 Å². The van der Waals surface area contributed by atoms with Crippen molar-refractivity contribution in [2.24, 2.45) is 11.5 Å². The fourth-order valence-corrected chi connectivity index (χ4v) is 13.5. The molecule has 3 atom stereocenters. The van der Waals surface area contributed by atoms with Gasteiger partial charge >= 0.3 is 42.9 Å². The second-order valence-corrected chi connectivity index (χ2v) is 30.9. The molecule has 129 heavy (non-hydrogen) atoms. The van der Waals surface area contributed by atoms with E-state index in [1.807, 2.05) is 36.4 Å². The molecule has 0 bridgehead atoms. The number of urea groups is 3. The summed E-state index contributed by atoms with van der Waals surface area (Å²) in [4.78, 5) is 118. The fraction of sp³-hybridized carbons (Fsp3) is 0.349. The van der Waals surface area contributed by atoms with Crippen molar-refractivity contribution in [3.05, 3.63) is 284 Å². The van der Waals surface area contributed by atoms with Crippen LogP contribution in [0, 0.1) is 40.5 Å². The molecule has 8 aromatic rings. The first-order valence-electron chi connectivity index (χ1n) is 39.6. The molecule has 11 rings (SSSR count). The van der Waals surface area contributed by atoms with E-state index in [1.54, 1.807) is 78.9 Å². The predicted octanol–water partition coefficient (Wildman–Crippen LogP) is 8.27. The van der Waals surface area contributed by atoms with Gasteiger partial charge in [-0.15, -0.1) is 0 Å². The van der Waals surface area contributed by atoms with Gasteiger partial charge in [0.15, 0.2) is 0 Å². The maximum atomic E-state index is 12.5. The van der Waals surface area contributed by atoms with Crippen molar-refractivity contribution in [3.8, 4) is 0 Å². The number of morpholine rings is 3. The van der Waals surface area contributed by atoms with Crippen molar-refractivity contribution < 1.29 is 102 Å². The molecule has 0 radical (unpaired) electrons. The van der Waals surface area contributed by atoms with E-state index in [4.69, 9.17) is 110 Å². The number of hydrogen-bond donors (Lipinski definition) is 12. The number of carbonyl (C=O) groups excluding carboxylic acids is 5. The van der Waals surface area contributed by atoms with Gasteiger partial charge in [0.25, 0.3) is 28.7 Å². The maximum absolute atomic E-state index is 12.5. The Morgan fingerprint density at radius 2 is 0.736 bits per heavy atom. The number of ether oxygens (including phenoxy) is 5. The Bertz CT molecular complexity index is 4890. The minimum Gasteiger partial charge on any atom is -0.870 e. The van der Waals surface area contributed by atoms with Crippen molar-refractivity contribution in [2.45, 2.75) is 57.6 Å². The van der Waals surface area contributed by atoms with Crippen LogP contribution in [-0.4, -0.2) is 230 Å². The van der Waals surface area contributed by atoms with Crippen LogP contribution in [0.2, 0.25) is 30.1 Å². The first-order valence-corrected chi connectivity index (χ1v) is 41.9. The van der Waals surface area contributed by atoms with E-state index in [-0.39, 0.29) is 133 Å². The van der Waals surface area contributed by atoms with E-state index in [0.29, 0.717) is 146 Å². The van der Waals surface area contributed by atoms with E-state index in [2.05, 4.69) is 62.6 Å². The van der Waals surface area contributed by atoms with Crippen LogP contribution in [0.25, 0.3) is 0 Å². The topological polar surface area (TPSA) is 541 Å². The number of primary amides is 1. The molecule has 3 fully saturated rings. The van der Waals surface area contributed by atoms with E-state index >= 15 is 0 Å². The number of anilines is 2. The summed E-state index contributed by atoms with van der Waals surface area (Å²) in [7, 11) is 0. The van der Waals surface area contributed by atoms with Crippen LogP contribution in [0.4, 0.5) is 48.5 Å². The first-order chi connectivity index (χ1) is 60.9. The van der Waals surface area contributed by atoms with Gasteiger partial charge in [-0.05, 0) is 118 Å². The normalized spacial score (nSPS) is 14.7. The standard InChI is InChI=1S/C31H35Cl2N7O8.C21H24Cl2N4O3.C21H23Cl2N3O4.C10H14N4O5.Li.H2O/c32-26-7-3-22(15-27(26)33)19-38-11-14-48-25(20-38)18-37-31(42)36-17-21-1-4-23(5-2-21)30(41)35-10-13-47-12-9-34-28-8-6-24(39(43)44)16-29(28)40(45)46;22-18-6-3-15(9-19(18)23)12-27-7-8-30-17(13-27)11-26-21(29)25-10-14-1-4-16(5-2-14)20(24)28;22-18-6-3-15(9-19(18)23)12-26-7-8-30-17(13-26)11-25-21(29)24-10-14-1-4-16(5-2-14)20(27)28;11-3-5-19-6-4-12-9-2-1-8(13(15)16)7-10(9)14(17)18;;/h1-8,15-16,25,34H,9-14,17-20H2,(H,35,41)(H2,36,37,42);1-6,9,17H,7-8,10-13H2,(H2,24,28)(H2,25,26,29);1-6,9,17H,7-8,10-13H2,(H,27,28)(H2,24,25,29);1-2,7,12H,3-6,11H2;;1H2/q;;;;+1;/p-1/t25-;2*17-;;;/m000.../s1. The van der Waals surface area contributed by atoms with Crippen LogP contribution in [0.3, 0.4) is 0 Å². The number of amides is 8. The summed E-state index contributed by atoms with van der Waals surface area (Å²) in [6, 6.07) is 42.6. The van der Waals surface area contributed by atoms with Crippen molar-refractivity contribution in [2.75, 3.05) is 142 Å². The molecule has 0 spiro atoms. The molecule has 0 saturated carbocycles. The van der Waals surface area contributed by atoms with Gasteiger partial charge in [0, 0.05) is 148 Å². The van der Waals surface area contributed by atoms with E-state index < -0.39 is 37.3 Å². The molecule has 39 nitrogen and oxygen atoms in total. The number of nitrogens with zero attached hydrogens (tertiary/aromatic N) is 7. The Balaban J connectivity index is 0.000000277. The van der Waals surface area contributed by atoms with Gasteiger partial charge in [0.2, 0.25) is 5.91 Å². The summed E-state index contributed by atoms with van der Waals surface area (Å²) >= 11 is 36.3. The van der Waals surface area contributed by atoms with Gasteiger partial charge in [-0.25, -0.2) is 19.2 Å². The molecule has 3 heterocycles. The molecule has 8 amide bonds. The van der Waals surface area contributed by atoms with Crippen LogP contribution in [0.15, 0.2) is 164 Å². The average molecular weight is 1900 g/mol. The van der Waals surface area contributed by atoms with Gasteiger partial charge < -0.3 is 93.6 Å². The number of halogens is 6. The third-order valence-electron chi connectivity index (χ3n) is 19.0. The van der Waals surface area contributed by atoms with Gasteiger partial charge in [-0.2, -0.15) is 0 Å². The van der Waals surface area contributed by atoms with Crippen LogP contribution in [-0.2, 0) is 63.0 Å². The molecular formula is C83H97Cl6LiN18O21. The van der Waals surface area contributed by atoms with Crippen molar-refractivity contribution in [1.82, 2.24) is 51.9 Å². The predicted molar refractivity (Wildman–Crippen MR) is 481 cm³/mol. The second-order valence-electron chi connectivity index (χ2n) is 28.4. The molecule has 0 aliphatic carbocycles. The largest absolute Gasteiger partial charge is 1.00 e. The van der Waals surface area contributed by atoms with Crippen LogP contribution in [0.5, 0.6) is 0 Å². The molecule has 3 aliphatic heterocycles. The molecule has 3 saturated heterocycles. The molecule has 8 aromatic carbocycles. The molecule has 46 heteroatoms. The minimum absolute atomic E-state index is 0. The monoisotopic (exact) mass is 1900 g/mol. The van der Waals surface area contributed by atoms with Crippen LogP contribution < -0.4 is 78.2 Å². The van der Waals surface area contributed by atoms with Crippen LogP contribution in [0.1, 0.15) is 64.5 Å². The Morgan fingerprint density at radius 1 is 0.411 bits per heavy atom. The van der Waals surface area contributed by atoms with Crippen LogP contribution >= 0.6 is 69.6 Å². The molecule has 0 unspecified atom stereocenters. The summed E-state index contributed by atoms with van der Waals surface area (Å²) in [5.74, 6) is -1.75. The molecule has 3 aliphatic rings. The molecular weight excluding hydrogens is 1800 g/mol. The number of benzene rings is 8. The Labute approximate surface area is 783 Å². The number of non-ortho nitro benzene ring substituents is 2. The smallest absolute Gasteiger partial charge is 0.870 e. The summed E-state index contributed by atoms with van der Waals surface area (Å²) in [5, 5.41) is 80.7. The van der Waals surface area contributed by atoms with E-state index in [9.17, 15) is 69.2 Å². The summed E-state index contributed by atoms with van der Waals surface area (Å²) in [5.41, 5.74) is 16.2. The zero-order valence-electron chi connectivity index (χ0n) is 69.9. The number of nitro benzene ring substituents is 4. The maximum Gasteiger partial charge on any atom is 1.00 e. The van der Waals surface area contributed by atoms with E-state index in [1.165, 1.54) is 36.4 Å². The van der Waals surface area contributed by atoms with E-state index in [0.717, 1.165) is 78.2 Å². The number of hydrogen-bond acceptors (Lipinski definition) is 26.